The first-order chi connectivity index (χ1) is 9.47. The first-order valence-corrected chi connectivity index (χ1v) is 7.25. The van der Waals surface area contributed by atoms with Gasteiger partial charge in [-0.25, -0.2) is 4.79 Å². The van der Waals surface area contributed by atoms with Crippen LogP contribution in [0.25, 0.3) is 0 Å². The Hall–Kier alpha value is -1.30. The summed E-state index contributed by atoms with van der Waals surface area (Å²) in [7, 11) is 1.61. The molecule has 1 heterocycles. The van der Waals surface area contributed by atoms with Crippen LogP contribution in [0, 0.1) is 0 Å². The Morgan fingerprint density at radius 2 is 2.10 bits per heavy atom. The summed E-state index contributed by atoms with van der Waals surface area (Å²) in [6.45, 7) is 5.59. The maximum Gasteiger partial charge on any atom is 0.320 e. The molecular weight excluding hydrogens is 260 g/mol. The van der Waals surface area contributed by atoms with Gasteiger partial charge in [-0.2, -0.15) is 0 Å². The lowest BCUT2D eigenvalue weighted by Crippen LogP contribution is -2.53. The van der Waals surface area contributed by atoms with Crippen molar-refractivity contribution in [3.8, 4) is 0 Å². The molecule has 1 unspecified atom stereocenters. The van der Waals surface area contributed by atoms with Crippen LogP contribution in [0.4, 0.5) is 4.79 Å². The molecule has 1 saturated heterocycles. The Bertz CT molecular complexity index is 333. The molecule has 1 aliphatic rings. The van der Waals surface area contributed by atoms with E-state index in [1.54, 1.807) is 16.9 Å². The summed E-state index contributed by atoms with van der Waals surface area (Å²) in [6.07, 6.45) is 2.73. The average molecular weight is 286 g/mol. The van der Waals surface area contributed by atoms with Crippen molar-refractivity contribution in [3.05, 3.63) is 0 Å². The second-order valence-electron chi connectivity index (χ2n) is 5.50. The third-order valence-electron chi connectivity index (χ3n) is 3.69. The number of carboxylic acid groups (broad SMARTS) is 1. The lowest BCUT2D eigenvalue weighted by atomic mass is 9.99. The third kappa shape index (κ3) is 4.67. The van der Waals surface area contributed by atoms with E-state index in [4.69, 9.17) is 9.84 Å². The highest BCUT2D eigenvalue weighted by Gasteiger charge is 2.32. The number of carbonyl (C=O) groups is 2. The molecule has 0 aliphatic carbocycles. The molecule has 0 spiro atoms. The van der Waals surface area contributed by atoms with Gasteiger partial charge in [0.05, 0.1) is 13.0 Å². The van der Waals surface area contributed by atoms with E-state index in [9.17, 15) is 9.59 Å². The zero-order chi connectivity index (χ0) is 15.1. The number of methoxy groups -OCH3 is 1. The number of carbonyl (C=O) groups excluding carboxylic acids is 1. The maximum atomic E-state index is 12.6. The quantitative estimate of drug-likeness (QED) is 0.808. The predicted molar refractivity (Wildman–Crippen MR) is 75.7 cm³/mol. The first-order valence-electron chi connectivity index (χ1n) is 7.25. The molecule has 2 amide bonds. The number of piperidine rings is 1. The molecular formula is C14H26N2O4. The fourth-order valence-corrected chi connectivity index (χ4v) is 2.60. The van der Waals surface area contributed by atoms with E-state index in [1.807, 2.05) is 13.8 Å². The lowest BCUT2D eigenvalue weighted by molar-refractivity contribution is -0.138. The summed E-state index contributed by atoms with van der Waals surface area (Å²) in [5.74, 6) is -0.845. The molecule has 0 aromatic heterocycles. The van der Waals surface area contributed by atoms with E-state index < -0.39 is 5.97 Å². The Labute approximate surface area is 120 Å². The second-order valence-corrected chi connectivity index (χ2v) is 5.50. The Kier molecular flexibility index (Phi) is 6.78. The normalized spacial score (nSPS) is 19.2. The van der Waals surface area contributed by atoms with E-state index in [0.717, 1.165) is 19.3 Å². The minimum Gasteiger partial charge on any atom is -0.481 e. The number of aliphatic carboxylic acids is 1. The van der Waals surface area contributed by atoms with E-state index >= 15 is 0 Å². The molecule has 20 heavy (non-hydrogen) atoms. The first kappa shape index (κ1) is 16.8. The van der Waals surface area contributed by atoms with Gasteiger partial charge < -0.3 is 19.6 Å². The van der Waals surface area contributed by atoms with Crippen molar-refractivity contribution >= 4 is 12.0 Å². The number of hydrogen-bond donors (Lipinski definition) is 1. The van der Waals surface area contributed by atoms with Gasteiger partial charge in [-0.1, -0.05) is 0 Å². The van der Waals surface area contributed by atoms with Gasteiger partial charge in [0.25, 0.3) is 0 Å². The fourth-order valence-electron chi connectivity index (χ4n) is 2.60. The Morgan fingerprint density at radius 1 is 1.40 bits per heavy atom. The van der Waals surface area contributed by atoms with E-state index in [2.05, 4.69) is 0 Å². The van der Waals surface area contributed by atoms with Gasteiger partial charge in [-0.15, -0.1) is 0 Å². The van der Waals surface area contributed by atoms with E-state index in [1.165, 1.54) is 0 Å². The zero-order valence-electron chi connectivity index (χ0n) is 12.7. The van der Waals surface area contributed by atoms with Gasteiger partial charge in [-0.3, -0.25) is 4.79 Å². The molecule has 1 aliphatic heterocycles. The monoisotopic (exact) mass is 286 g/mol. The molecule has 1 fully saturated rings. The van der Waals surface area contributed by atoms with Crippen LogP contribution in [0.2, 0.25) is 0 Å². The molecule has 6 nitrogen and oxygen atoms in total. The van der Waals surface area contributed by atoms with Crippen LogP contribution >= 0.6 is 0 Å². The van der Waals surface area contributed by atoms with Gasteiger partial charge in [0.15, 0.2) is 0 Å². The number of nitrogens with zero attached hydrogens (tertiary/aromatic N) is 2. The molecule has 1 rings (SSSR count). The molecule has 0 aromatic rings. The zero-order valence-corrected chi connectivity index (χ0v) is 12.7. The van der Waals surface area contributed by atoms with Crippen LogP contribution < -0.4 is 0 Å². The fraction of sp³-hybridized carbons (Fsp3) is 0.857. The summed E-state index contributed by atoms with van der Waals surface area (Å²) in [4.78, 5) is 27.1. The van der Waals surface area contributed by atoms with Crippen molar-refractivity contribution in [2.75, 3.05) is 26.8 Å². The van der Waals surface area contributed by atoms with Crippen molar-refractivity contribution in [1.29, 1.82) is 0 Å². The molecule has 0 bridgehead atoms. The summed E-state index contributed by atoms with van der Waals surface area (Å²) in [5, 5.41) is 8.98. The number of likely N-dealkylation sites (tertiary alicyclic amines) is 1. The average Bonchev–Trinajstić information content (AvgIpc) is 2.38. The SMILES string of the molecule is COCCN(C(=O)N1CCCCC1CC(=O)O)C(C)C. The van der Waals surface area contributed by atoms with Crippen molar-refractivity contribution in [2.24, 2.45) is 0 Å². The maximum absolute atomic E-state index is 12.6. The van der Waals surface area contributed by atoms with Crippen LogP contribution in [0.5, 0.6) is 0 Å². The van der Waals surface area contributed by atoms with E-state index in [-0.39, 0.29) is 24.5 Å². The molecule has 6 heteroatoms. The summed E-state index contributed by atoms with van der Waals surface area (Å²) in [6, 6.07) is -0.175. The minimum atomic E-state index is -0.845. The third-order valence-corrected chi connectivity index (χ3v) is 3.69. The lowest BCUT2D eigenvalue weighted by Gasteiger charge is -2.39. The second kappa shape index (κ2) is 8.09. The van der Waals surface area contributed by atoms with Crippen LogP contribution in [0.3, 0.4) is 0 Å². The summed E-state index contributed by atoms with van der Waals surface area (Å²) >= 11 is 0. The number of carboxylic acids is 1. The van der Waals surface area contributed by atoms with Gasteiger partial charge in [0.1, 0.15) is 0 Å². The van der Waals surface area contributed by atoms with Crippen molar-refractivity contribution in [3.63, 3.8) is 0 Å². The smallest absolute Gasteiger partial charge is 0.320 e. The number of ether oxygens (including phenoxy) is 1. The molecule has 116 valence electrons. The standard InChI is InChI=1S/C14H26N2O4/c1-11(2)15(8-9-20-3)14(19)16-7-5-4-6-12(16)10-13(17)18/h11-12H,4-10H2,1-3H3,(H,17,18). The largest absolute Gasteiger partial charge is 0.481 e. The highest BCUT2D eigenvalue weighted by atomic mass is 16.5. The Balaban J connectivity index is 2.75. The minimum absolute atomic E-state index is 0.0297. The highest BCUT2D eigenvalue weighted by Crippen LogP contribution is 2.22. The number of hydrogen-bond acceptors (Lipinski definition) is 3. The molecule has 1 atom stereocenters. The van der Waals surface area contributed by atoms with Gasteiger partial charge in [0, 0.05) is 32.3 Å². The van der Waals surface area contributed by atoms with Gasteiger partial charge >= 0.3 is 12.0 Å². The number of rotatable bonds is 6. The molecule has 0 radical (unpaired) electrons. The topological polar surface area (TPSA) is 70.1 Å². The van der Waals surface area contributed by atoms with Crippen LogP contribution in [0.15, 0.2) is 0 Å². The molecule has 1 N–H and O–H groups in total. The summed E-state index contributed by atoms with van der Waals surface area (Å²) < 4.78 is 5.04. The Morgan fingerprint density at radius 3 is 2.65 bits per heavy atom. The van der Waals surface area contributed by atoms with Crippen LogP contribution in [0.1, 0.15) is 39.5 Å². The number of amides is 2. The molecule has 0 saturated carbocycles. The van der Waals surface area contributed by atoms with Crippen molar-refractivity contribution in [1.82, 2.24) is 9.80 Å². The highest BCUT2D eigenvalue weighted by molar-refractivity contribution is 5.76. The van der Waals surface area contributed by atoms with Crippen molar-refractivity contribution < 1.29 is 19.4 Å². The van der Waals surface area contributed by atoms with Crippen molar-refractivity contribution in [2.45, 2.75) is 51.6 Å². The van der Waals surface area contributed by atoms with Gasteiger partial charge in [0.2, 0.25) is 0 Å². The van der Waals surface area contributed by atoms with Gasteiger partial charge in [-0.05, 0) is 33.1 Å². The summed E-state index contributed by atoms with van der Waals surface area (Å²) in [5.41, 5.74) is 0. The molecule has 0 aromatic carbocycles. The number of urea groups is 1. The van der Waals surface area contributed by atoms with Crippen LogP contribution in [-0.4, -0.2) is 65.8 Å². The predicted octanol–water partition coefficient (Wildman–Crippen LogP) is 1.79. The van der Waals surface area contributed by atoms with E-state index in [0.29, 0.717) is 19.7 Å². The van der Waals surface area contributed by atoms with Crippen LogP contribution in [-0.2, 0) is 9.53 Å².